The van der Waals surface area contributed by atoms with Crippen LogP contribution in [0.3, 0.4) is 0 Å². The Morgan fingerprint density at radius 2 is 2.40 bits per heavy atom. The standard InChI is InChI=1S/C9H15N3O3/c1-2-7-11-8(3-9(15)12-7)10-4-6(14)5-13/h3,6,13-14H,2,4-5H2,1H3,(H2,10,11,12,15). The maximum atomic E-state index is 11.1. The lowest BCUT2D eigenvalue weighted by atomic mass is 10.3. The maximum absolute atomic E-state index is 11.1. The first-order valence-electron chi connectivity index (χ1n) is 4.78. The molecule has 15 heavy (non-hydrogen) atoms. The molecular weight excluding hydrogens is 198 g/mol. The SMILES string of the molecule is CCc1nc(NCC(O)CO)cc(=O)[nH]1. The van der Waals surface area contributed by atoms with E-state index in [2.05, 4.69) is 15.3 Å². The van der Waals surface area contributed by atoms with E-state index in [0.29, 0.717) is 18.1 Å². The number of hydrogen-bond donors (Lipinski definition) is 4. The van der Waals surface area contributed by atoms with Crippen molar-refractivity contribution >= 4 is 5.82 Å². The van der Waals surface area contributed by atoms with Crippen molar-refractivity contribution in [1.82, 2.24) is 9.97 Å². The fraction of sp³-hybridized carbons (Fsp3) is 0.556. The smallest absolute Gasteiger partial charge is 0.252 e. The Kier molecular flexibility index (Phi) is 4.26. The predicted molar refractivity (Wildman–Crippen MR) is 55.8 cm³/mol. The lowest BCUT2D eigenvalue weighted by Gasteiger charge is -2.09. The van der Waals surface area contributed by atoms with Gasteiger partial charge in [-0.25, -0.2) is 4.98 Å². The van der Waals surface area contributed by atoms with Gasteiger partial charge in [-0.3, -0.25) is 4.79 Å². The molecule has 84 valence electrons. The third-order valence-electron chi connectivity index (χ3n) is 1.86. The summed E-state index contributed by atoms with van der Waals surface area (Å²) in [7, 11) is 0. The summed E-state index contributed by atoms with van der Waals surface area (Å²) in [6, 6.07) is 1.31. The van der Waals surface area contributed by atoms with Crippen LogP contribution in [0.5, 0.6) is 0 Å². The second-order valence-corrected chi connectivity index (χ2v) is 3.15. The van der Waals surface area contributed by atoms with Gasteiger partial charge in [0.25, 0.3) is 5.56 Å². The van der Waals surface area contributed by atoms with Crippen LogP contribution >= 0.6 is 0 Å². The van der Waals surface area contributed by atoms with Crippen LogP contribution < -0.4 is 10.9 Å². The summed E-state index contributed by atoms with van der Waals surface area (Å²) in [5.74, 6) is 0.992. The van der Waals surface area contributed by atoms with Gasteiger partial charge in [0, 0.05) is 19.0 Å². The third kappa shape index (κ3) is 3.69. The first-order chi connectivity index (χ1) is 7.15. The Morgan fingerprint density at radius 1 is 1.67 bits per heavy atom. The number of aromatic nitrogens is 2. The summed E-state index contributed by atoms with van der Waals surface area (Å²) in [5.41, 5.74) is -0.233. The van der Waals surface area contributed by atoms with E-state index in [4.69, 9.17) is 10.2 Å². The van der Waals surface area contributed by atoms with E-state index >= 15 is 0 Å². The number of aryl methyl sites for hydroxylation is 1. The molecule has 6 nitrogen and oxygen atoms in total. The quantitative estimate of drug-likeness (QED) is 0.508. The molecular formula is C9H15N3O3. The second-order valence-electron chi connectivity index (χ2n) is 3.15. The lowest BCUT2D eigenvalue weighted by molar-refractivity contribution is 0.105. The highest BCUT2D eigenvalue weighted by Crippen LogP contribution is 1.99. The van der Waals surface area contributed by atoms with Crippen LogP contribution in [0.2, 0.25) is 0 Å². The minimum Gasteiger partial charge on any atom is -0.394 e. The van der Waals surface area contributed by atoms with Crippen molar-refractivity contribution in [3.63, 3.8) is 0 Å². The molecule has 1 unspecified atom stereocenters. The van der Waals surface area contributed by atoms with Gasteiger partial charge in [-0.05, 0) is 0 Å². The van der Waals surface area contributed by atoms with E-state index in [0.717, 1.165) is 0 Å². The highest BCUT2D eigenvalue weighted by molar-refractivity contribution is 5.32. The maximum Gasteiger partial charge on any atom is 0.252 e. The average molecular weight is 213 g/mol. The minimum absolute atomic E-state index is 0.163. The second kappa shape index (κ2) is 5.47. The monoisotopic (exact) mass is 213 g/mol. The normalized spacial score (nSPS) is 12.5. The molecule has 1 rings (SSSR count). The van der Waals surface area contributed by atoms with E-state index in [1.807, 2.05) is 6.92 Å². The van der Waals surface area contributed by atoms with Gasteiger partial charge >= 0.3 is 0 Å². The summed E-state index contributed by atoms with van der Waals surface area (Å²) in [6.07, 6.45) is -0.219. The zero-order valence-electron chi connectivity index (χ0n) is 8.53. The molecule has 0 aromatic carbocycles. The molecule has 6 heteroatoms. The molecule has 0 aliphatic heterocycles. The molecule has 0 saturated heterocycles. The van der Waals surface area contributed by atoms with Crippen LogP contribution in [-0.4, -0.2) is 39.4 Å². The number of rotatable bonds is 5. The summed E-state index contributed by atoms with van der Waals surface area (Å²) >= 11 is 0. The van der Waals surface area contributed by atoms with Gasteiger partial charge in [0.05, 0.1) is 12.7 Å². The highest BCUT2D eigenvalue weighted by atomic mass is 16.3. The highest BCUT2D eigenvalue weighted by Gasteiger charge is 2.03. The fourth-order valence-electron chi connectivity index (χ4n) is 1.05. The zero-order chi connectivity index (χ0) is 11.3. The molecule has 1 atom stereocenters. The molecule has 0 spiro atoms. The summed E-state index contributed by atoms with van der Waals surface area (Å²) < 4.78 is 0. The number of nitrogens with one attached hydrogen (secondary N) is 2. The van der Waals surface area contributed by atoms with Gasteiger partial charge in [-0.15, -0.1) is 0 Å². The molecule has 1 aromatic rings. The van der Waals surface area contributed by atoms with Crippen LogP contribution in [0.4, 0.5) is 5.82 Å². The number of aromatic amines is 1. The topological polar surface area (TPSA) is 98.2 Å². The van der Waals surface area contributed by atoms with Gasteiger partial charge in [-0.2, -0.15) is 0 Å². The molecule has 0 aliphatic rings. The van der Waals surface area contributed by atoms with Crippen molar-refractivity contribution < 1.29 is 10.2 Å². The molecule has 1 aromatic heterocycles. The average Bonchev–Trinajstić information content (AvgIpc) is 2.25. The molecule has 0 radical (unpaired) electrons. The van der Waals surface area contributed by atoms with Crippen molar-refractivity contribution in [1.29, 1.82) is 0 Å². The number of anilines is 1. The first-order valence-corrected chi connectivity index (χ1v) is 4.78. The van der Waals surface area contributed by atoms with Crippen LogP contribution in [0, 0.1) is 0 Å². The number of nitrogens with zero attached hydrogens (tertiary/aromatic N) is 1. The van der Waals surface area contributed by atoms with E-state index in [1.54, 1.807) is 0 Å². The van der Waals surface area contributed by atoms with E-state index in [9.17, 15) is 4.79 Å². The molecule has 1 heterocycles. The van der Waals surface area contributed by atoms with Crippen molar-refractivity contribution in [2.75, 3.05) is 18.5 Å². The molecule has 0 amide bonds. The molecule has 0 aliphatic carbocycles. The Labute approximate surface area is 87.0 Å². The molecule has 0 fully saturated rings. The van der Waals surface area contributed by atoms with E-state index < -0.39 is 6.10 Å². The van der Waals surface area contributed by atoms with Gasteiger partial charge in [0.2, 0.25) is 0 Å². The van der Waals surface area contributed by atoms with Crippen molar-refractivity contribution in [3.05, 3.63) is 22.2 Å². The van der Waals surface area contributed by atoms with Crippen LogP contribution in [0.1, 0.15) is 12.7 Å². The molecule has 4 N–H and O–H groups in total. The predicted octanol–water partition coefficient (Wildman–Crippen LogP) is -0.903. The van der Waals surface area contributed by atoms with Crippen molar-refractivity contribution in [2.45, 2.75) is 19.4 Å². The number of aliphatic hydroxyl groups is 2. The number of aliphatic hydroxyl groups excluding tert-OH is 2. The summed E-state index contributed by atoms with van der Waals surface area (Å²) in [4.78, 5) is 17.8. The van der Waals surface area contributed by atoms with Crippen LogP contribution in [0.15, 0.2) is 10.9 Å². The summed E-state index contributed by atoms with van der Waals surface area (Å²) in [6.45, 7) is 1.72. The zero-order valence-corrected chi connectivity index (χ0v) is 8.53. The Morgan fingerprint density at radius 3 is 3.00 bits per heavy atom. The Hall–Kier alpha value is -1.40. The number of H-pyrrole nitrogens is 1. The van der Waals surface area contributed by atoms with Crippen LogP contribution in [-0.2, 0) is 6.42 Å². The largest absolute Gasteiger partial charge is 0.394 e. The Balaban J connectivity index is 2.68. The minimum atomic E-state index is -0.851. The summed E-state index contributed by atoms with van der Waals surface area (Å²) in [5, 5.41) is 20.4. The van der Waals surface area contributed by atoms with Crippen LogP contribution in [0.25, 0.3) is 0 Å². The first kappa shape index (κ1) is 11.7. The van der Waals surface area contributed by atoms with Crippen molar-refractivity contribution in [3.8, 4) is 0 Å². The number of hydrogen-bond acceptors (Lipinski definition) is 5. The van der Waals surface area contributed by atoms with E-state index in [-0.39, 0.29) is 18.7 Å². The van der Waals surface area contributed by atoms with Gasteiger partial charge in [0.15, 0.2) is 0 Å². The van der Waals surface area contributed by atoms with Gasteiger partial charge < -0.3 is 20.5 Å². The third-order valence-corrected chi connectivity index (χ3v) is 1.86. The van der Waals surface area contributed by atoms with Gasteiger partial charge in [0.1, 0.15) is 11.6 Å². The lowest BCUT2D eigenvalue weighted by Crippen LogP contribution is -2.24. The van der Waals surface area contributed by atoms with Crippen molar-refractivity contribution in [2.24, 2.45) is 0 Å². The van der Waals surface area contributed by atoms with E-state index in [1.165, 1.54) is 6.07 Å². The fourth-order valence-corrected chi connectivity index (χ4v) is 1.05. The molecule has 0 bridgehead atoms. The Bertz CT molecular complexity index is 364. The molecule has 0 saturated carbocycles. The van der Waals surface area contributed by atoms with Gasteiger partial charge in [-0.1, -0.05) is 6.92 Å².